The highest BCUT2D eigenvalue weighted by atomic mass is 19.4. The summed E-state index contributed by atoms with van der Waals surface area (Å²) < 4.78 is 49.4. The Morgan fingerprint density at radius 2 is 1.67 bits per heavy atom. The van der Waals surface area contributed by atoms with Gasteiger partial charge in [0.25, 0.3) is 0 Å². The van der Waals surface area contributed by atoms with E-state index in [1.807, 2.05) is 6.07 Å². The van der Waals surface area contributed by atoms with Crippen molar-refractivity contribution in [3.63, 3.8) is 0 Å². The summed E-state index contributed by atoms with van der Waals surface area (Å²) in [6.45, 7) is 1.94. The van der Waals surface area contributed by atoms with Gasteiger partial charge in [0.05, 0.1) is 25.8 Å². The molecule has 27 heavy (non-hydrogen) atoms. The van der Waals surface area contributed by atoms with E-state index in [0.717, 1.165) is 23.3 Å². The number of ether oxygens (including phenoxy) is 2. The summed E-state index contributed by atoms with van der Waals surface area (Å²) in [7, 11) is 3.06. The van der Waals surface area contributed by atoms with Crippen LogP contribution in [0.15, 0.2) is 36.4 Å². The molecular weight excluding hydrogens is 359 g/mol. The number of amides is 1. The number of carbonyl (C=O) groups excluding carboxylic acids is 1. The Morgan fingerprint density at radius 1 is 1.07 bits per heavy atom. The number of fused-ring (bicyclic) bond motifs is 1. The molecule has 3 rings (SSSR count). The molecular formula is C20H20F3NO3. The second-order valence-corrected chi connectivity index (χ2v) is 6.39. The zero-order valence-corrected chi connectivity index (χ0v) is 15.3. The highest BCUT2D eigenvalue weighted by Gasteiger charge is 2.34. The molecule has 144 valence electrons. The summed E-state index contributed by atoms with van der Waals surface area (Å²) in [4.78, 5) is 13.8. The Bertz CT molecular complexity index is 847. The average Bonchev–Trinajstić information content (AvgIpc) is 2.65. The van der Waals surface area contributed by atoms with Gasteiger partial charge in [-0.05, 0) is 47.4 Å². The van der Waals surface area contributed by atoms with Crippen LogP contribution in [0.25, 0.3) is 0 Å². The Labute approximate surface area is 155 Å². The molecule has 1 unspecified atom stereocenters. The van der Waals surface area contributed by atoms with Gasteiger partial charge in [-0.25, -0.2) is 0 Å². The summed E-state index contributed by atoms with van der Waals surface area (Å²) >= 11 is 0. The second-order valence-electron chi connectivity index (χ2n) is 6.39. The van der Waals surface area contributed by atoms with Crippen LogP contribution in [0.4, 0.5) is 13.2 Å². The van der Waals surface area contributed by atoms with E-state index in [4.69, 9.17) is 9.47 Å². The maximum Gasteiger partial charge on any atom is 0.416 e. The van der Waals surface area contributed by atoms with Crippen LogP contribution in [0.1, 0.15) is 35.2 Å². The number of hydrogen-bond acceptors (Lipinski definition) is 3. The molecule has 1 heterocycles. The van der Waals surface area contributed by atoms with Gasteiger partial charge in [0.2, 0.25) is 5.91 Å². The van der Waals surface area contributed by atoms with E-state index >= 15 is 0 Å². The van der Waals surface area contributed by atoms with Gasteiger partial charge >= 0.3 is 6.18 Å². The van der Waals surface area contributed by atoms with Crippen LogP contribution < -0.4 is 9.47 Å². The number of alkyl halides is 3. The van der Waals surface area contributed by atoms with Crippen molar-refractivity contribution in [3.8, 4) is 11.5 Å². The average molecular weight is 379 g/mol. The molecule has 0 saturated heterocycles. The molecule has 0 spiro atoms. The molecule has 0 aliphatic carbocycles. The van der Waals surface area contributed by atoms with Crippen molar-refractivity contribution in [2.45, 2.75) is 25.6 Å². The lowest BCUT2D eigenvalue weighted by Gasteiger charge is -2.37. The third kappa shape index (κ3) is 3.59. The Kier molecular flexibility index (Phi) is 5.04. The molecule has 7 heteroatoms. The summed E-state index contributed by atoms with van der Waals surface area (Å²) in [6.07, 6.45) is -3.77. The van der Waals surface area contributed by atoms with E-state index in [9.17, 15) is 18.0 Å². The maximum atomic E-state index is 12.9. The number of hydrogen-bond donors (Lipinski definition) is 0. The molecule has 0 radical (unpaired) electrons. The Morgan fingerprint density at radius 3 is 2.19 bits per heavy atom. The molecule has 1 aliphatic heterocycles. The monoisotopic (exact) mass is 379 g/mol. The summed E-state index contributed by atoms with van der Waals surface area (Å²) in [5, 5.41) is 0. The maximum absolute atomic E-state index is 12.9. The van der Waals surface area contributed by atoms with Crippen LogP contribution in [0.5, 0.6) is 11.5 Å². The molecule has 4 nitrogen and oxygen atoms in total. The van der Waals surface area contributed by atoms with E-state index in [-0.39, 0.29) is 5.91 Å². The third-order valence-corrected chi connectivity index (χ3v) is 4.83. The van der Waals surface area contributed by atoms with E-state index in [0.29, 0.717) is 30.0 Å². The Hall–Kier alpha value is -2.70. The molecule has 1 atom stereocenters. The van der Waals surface area contributed by atoms with Crippen molar-refractivity contribution in [1.29, 1.82) is 0 Å². The second kappa shape index (κ2) is 7.13. The van der Waals surface area contributed by atoms with Crippen molar-refractivity contribution < 1.29 is 27.4 Å². The largest absolute Gasteiger partial charge is 0.493 e. The molecule has 0 aromatic heterocycles. The van der Waals surface area contributed by atoms with Crippen molar-refractivity contribution >= 4 is 5.91 Å². The molecule has 1 aliphatic rings. The van der Waals surface area contributed by atoms with Gasteiger partial charge in [-0.15, -0.1) is 0 Å². The van der Waals surface area contributed by atoms with E-state index in [1.54, 1.807) is 18.1 Å². The van der Waals surface area contributed by atoms with Gasteiger partial charge in [-0.1, -0.05) is 12.1 Å². The van der Waals surface area contributed by atoms with Gasteiger partial charge in [-0.2, -0.15) is 13.2 Å². The van der Waals surface area contributed by atoms with Crippen LogP contribution in [0.2, 0.25) is 0 Å². The normalized spacial score (nSPS) is 16.7. The van der Waals surface area contributed by atoms with Gasteiger partial charge in [0.1, 0.15) is 0 Å². The number of methoxy groups -OCH3 is 2. The first kappa shape index (κ1) is 19.1. The fourth-order valence-electron chi connectivity index (χ4n) is 3.50. The molecule has 1 amide bonds. The summed E-state index contributed by atoms with van der Waals surface area (Å²) in [5.41, 5.74) is 1.71. The van der Waals surface area contributed by atoms with Crippen molar-refractivity contribution in [3.05, 3.63) is 58.7 Å². The van der Waals surface area contributed by atoms with E-state index < -0.39 is 17.8 Å². The lowest BCUT2D eigenvalue weighted by Crippen LogP contribution is -2.39. The first-order chi connectivity index (χ1) is 12.8. The smallest absolute Gasteiger partial charge is 0.416 e. The van der Waals surface area contributed by atoms with Crippen molar-refractivity contribution in [2.24, 2.45) is 0 Å². The van der Waals surface area contributed by atoms with Crippen molar-refractivity contribution in [2.75, 3.05) is 20.8 Å². The van der Waals surface area contributed by atoms with Crippen molar-refractivity contribution in [1.82, 2.24) is 4.90 Å². The van der Waals surface area contributed by atoms with Gasteiger partial charge in [0.15, 0.2) is 11.5 Å². The molecule has 0 bridgehead atoms. The number of halogens is 3. The van der Waals surface area contributed by atoms with Gasteiger partial charge in [0, 0.05) is 13.5 Å². The number of rotatable bonds is 3. The minimum atomic E-state index is -4.40. The fraction of sp³-hybridized carbons (Fsp3) is 0.350. The highest BCUT2D eigenvalue weighted by molar-refractivity contribution is 5.75. The summed E-state index contributed by atoms with van der Waals surface area (Å²) in [5.74, 6) is 0.956. The van der Waals surface area contributed by atoms with Crippen LogP contribution in [0, 0.1) is 0 Å². The predicted molar refractivity (Wildman–Crippen MR) is 93.9 cm³/mol. The van der Waals surface area contributed by atoms with Crippen LogP contribution in [0.3, 0.4) is 0 Å². The quantitative estimate of drug-likeness (QED) is 0.802. The molecule has 2 aromatic carbocycles. The topological polar surface area (TPSA) is 38.8 Å². The van der Waals surface area contributed by atoms with E-state index in [2.05, 4.69) is 0 Å². The predicted octanol–water partition coefficient (Wildman–Crippen LogP) is 4.22. The lowest BCUT2D eigenvalue weighted by molar-refractivity contribution is -0.137. The summed E-state index contributed by atoms with van der Waals surface area (Å²) in [6, 6.07) is 8.12. The minimum Gasteiger partial charge on any atom is -0.493 e. The van der Waals surface area contributed by atoms with E-state index in [1.165, 1.54) is 26.2 Å². The molecule has 0 N–H and O–H groups in total. The number of benzene rings is 2. The van der Waals surface area contributed by atoms with Crippen LogP contribution in [-0.4, -0.2) is 31.6 Å². The highest BCUT2D eigenvalue weighted by Crippen LogP contribution is 2.41. The molecule has 2 aromatic rings. The molecule has 0 saturated carbocycles. The Balaban J connectivity index is 2.12. The lowest BCUT2D eigenvalue weighted by atomic mass is 9.87. The zero-order chi connectivity index (χ0) is 19.8. The van der Waals surface area contributed by atoms with Gasteiger partial charge in [-0.3, -0.25) is 4.79 Å². The third-order valence-electron chi connectivity index (χ3n) is 4.83. The van der Waals surface area contributed by atoms with Gasteiger partial charge < -0.3 is 14.4 Å². The first-order valence-corrected chi connectivity index (χ1v) is 8.45. The van der Waals surface area contributed by atoms with Crippen LogP contribution in [-0.2, 0) is 17.4 Å². The fourth-order valence-corrected chi connectivity index (χ4v) is 3.50. The minimum absolute atomic E-state index is 0.139. The number of nitrogens with zero attached hydrogens (tertiary/aromatic N) is 1. The SMILES string of the molecule is COc1cc2c(cc1OC)C(c1ccc(C(F)(F)F)cc1)N(C(C)=O)CC2. The molecule has 0 fully saturated rings. The standard InChI is InChI=1S/C20H20F3NO3/c1-12(25)24-9-8-14-10-17(26-2)18(27-3)11-16(14)19(24)13-4-6-15(7-5-13)20(21,22)23/h4-7,10-11,19H,8-9H2,1-3H3. The first-order valence-electron chi connectivity index (χ1n) is 8.45. The number of carbonyl (C=O) groups is 1. The van der Waals surface area contributed by atoms with Crippen LogP contribution >= 0.6 is 0 Å². The zero-order valence-electron chi connectivity index (χ0n) is 15.3.